The summed E-state index contributed by atoms with van der Waals surface area (Å²) in [5.74, 6) is -0.0606. The third-order valence-corrected chi connectivity index (χ3v) is 5.61. The van der Waals surface area contributed by atoms with E-state index in [1.807, 2.05) is 48.2 Å². The zero-order valence-electron chi connectivity index (χ0n) is 17.8. The maximum absolute atomic E-state index is 12.7. The molecule has 0 bridgehead atoms. The van der Waals surface area contributed by atoms with Gasteiger partial charge in [-0.3, -0.25) is 9.59 Å². The topological polar surface area (TPSA) is 61.4 Å². The van der Waals surface area contributed by atoms with Crippen LogP contribution in [-0.4, -0.2) is 35.8 Å². The number of benzene rings is 2. The first-order chi connectivity index (χ1) is 14.6. The lowest BCUT2D eigenvalue weighted by Gasteiger charge is -2.20. The molecule has 1 aliphatic heterocycles. The Morgan fingerprint density at radius 2 is 1.67 bits per heavy atom. The van der Waals surface area contributed by atoms with Gasteiger partial charge in [0.2, 0.25) is 11.8 Å². The summed E-state index contributed by atoms with van der Waals surface area (Å²) >= 11 is 0. The Morgan fingerprint density at radius 1 is 1.03 bits per heavy atom. The zero-order chi connectivity index (χ0) is 21.3. The predicted molar refractivity (Wildman–Crippen MR) is 120 cm³/mol. The van der Waals surface area contributed by atoms with Gasteiger partial charge in [0.1, 0.15) is 0 Å². The second kappa shape index (κ2) is 10.7. The van der Waals surface area contributed by atoms with E-state index >= 15 is 0 Å². The Balaban J connectivity index is 1.64. The van der Waals surface area contributed by atoms with E-state index in [0.717, 1.165) is 12.8 Å². The lowest BCUT2D eigenvalue weighted by atomic mass is 10.0. The number of hydrogen-bond donors (Lipinski definition) is 2. The van der Waals surface area contributed by atoms with Crippen molar-refractivity contribution < 1.29 is 9.59 Å². The van der Waals surface area contributed by atoms with Crippen LogP contribution in [0.2, 0.25) is 0 Å². The molecule has 0 saturated heterocycles. The molecule has 2 aromatic carbocycles. The third kappa shape index (κ3) is 5.80. The molecule has 5 nitrogen and oxygen atoms in total. The average Bonchev–Trinajstić information content (AvgIpc) is 3.21. The van der Waals surface area contributed by atoms with E-state index in [9.17, 15) is 9.59 Å². The summed E-state index contributed by atoms with van der Waals surface area (Å²) in [5.41, 5.74) is 3.62. The Morgan fingerprint density at radius 3 is 2.27 bits per heavy atom. The second-order valence-corrected chi connectivity index (χ2v) is 7.71. The van der Waals surface area contributed by atoms with Gasteiger partial charge in [0.25, 0.3) is 0 Å². The number of fused-ring (bicyclic) bond motifs is 1. The summed E-state index contributed by atoms with van der Waals surface area (Å²) in [6.07, 6.45) is 5.73. The molecule has 5 heteroatoms. The number of carbonyl (C=O) groups excluding carboxylic acids is 2. The minimum Gasteiger partial charge on any atom is -0.349 e. The van der Waals surface area contributed by atoms with Crippen LogP contribution in [-0.2, 0) is 29.1 Å². The summed E-state index contributed by atoms with van der Waals surface area (Å²) in [6.45, 7) is 3.25. The minimum absolute atomic E-state index is 0.0224. The van der Waals surface area contributed by atoms with Crippen molar-refractivity contribution in [2.45, 2.75) is 51.4 Å². The minimum atomic E-state index is -0.235. The van der Waals surface area contributed by atoms with E-state index in [4.69, 9.17) is 0 Å². The van der Waals surface area contributed by atoms with Crippen LogP contribution in [0, 0.1) is 0 Å². The number of hydrogen-bond acceptors (Lipinski definition) is 3. The van der Waals surface area contributed by atoms with Crippen LogP contribution >= 0.6 is 0 Å². The van der Waals surface area contributed by atoms with Crippen LogP contribution in [0.4, 0.5) is 0 Å². The standard InChI is InChI=1S/C25H31N3O2/c1-3-23(26-2)25(30)27-22(14-13-19-9-5-4-6-10-19)15-16-24(29)28-17-20-11-7-8-12-21(20)18-28/h4-12,15-16,22-23,26H,3,13-14,17-18H2,1-2H3,(H,27,30)/t22-,23-/m0/s1. The van der Waals surface area contributed by atoms with E-state index in [-0.39, 0.29) is 23.9 Å². The fourth-order valence-corrected chi connectivity index (χ4v) is 3.78. The second-order valence-electron chi connectivity index (χ2n) is 7.71. The highest BCUT2D eigenvalue weighted by Gasteiger charge is 2.22. The van der Waals surface area contributed by atoms with Crippen molar-refractivity contribution in [2.75, 3.05) is 7.05 Å². The molecule has 2 atom stereocenters. The van der Waals surface area contributed by atoms with Gasteiger partial charge in [-0.15, -0.1) is 0 Å². The number of nitrogens with one attached hydrogen (secondary N) is 2. The summed E-state index contributed by atoms with van der Waals surface area (Å²) in [6, 6.07) is 17.9. The smallest absolute Gasteiger partial charge is 0.246 e. The molecular formula is C25H31N3O2. The highest BCUT2D eigenvalue weighted by atomic mass is 16.2. The largest absolute Gasteiger partial charge is 0.349 e. The quantitative estimate of drug-likeness (QED) is 0.630. The molecule has 1 heterocycles. The summed E-state index contributed by atoms with van der Waals surface area (Å²) in [7, 11) is 1.79. The Hall–Kier alpha value is -2.92. The molecule has 2 N–H and O–H groups in total. The van der Waals surface area contributed by atoms with Crippen molar-refractivity contribution in [2.24, 2.45) is 0 Å². The van der Waals surface area contributed by atoms with Crippen LogP contribution in [0.5, 0.6) is 0 Å². The number of carbonyl (C=O) groups is 2. The molecule has 0 spiro atoms. The first-order valence-corrected chi connectivity index (χ1v) is 10.7. The molecule has 3 rings (SSSR count). The lowest BCUT2D eigenvalue weighted by molar-refractivity contribution is -0.127. The Labute approximate surface area is 179 Å². The van der Waals surface area contributed by atoms with Crippen molar-refractivity contribution in [3.8, 4) is 0 Å². The van der Waals surface area contributed by atoms with Gasteiger partial charge >= 0.3 is 0 Å². The van der Waals surface area contributed by atoms with E-state index < -0.39 is 0 Å². The number of likely N-dealkylation sites (N-methyl/N-ethyl adjacent to an activating group) is 1. The summed E-state index contributed by atoms with van der Waals surface area (Å²) in [5, 5.41) is 6.13. The van der Waals surface area contributed by atoms with Crippen LogP contribution in [0.15, 0.2) is 66.7 Å². The van der Waals surface area contributed by atoms with Gasteiger partial charge in [-0.05, 0) is 43.0 Å². The average molecular weight is 406 g/mol. The molecule has 30 heavy (non-hydrogen) atoms. The van der Waals surface area contributed by atoms with Crippen molar-refractivity contribution >= 4 is 11.8 Å². The van der Waals surface area contributed by atoms with Crippen LogP contribution in [0.1, 0.15) is 36.5 Å². The zero-order valence-corrected chi connectivity index (χ0v) is 17.8. The first-order valence-electron chi connectivity index (χ1n) is 10.7. The first kappa shape index (κ1) is 21.8. The fourth-order valence-electron chi connectivity index (χ4n) is 3.78. The van der Waals surface area contributed by atoms with Crippen LogP contribution in [0.3, 0.4) is 0 Å². The maximum atomic E-state index is 12.7. The van der Waals surface area contributed by atoms with Gasteiger partial charge in [0.05, 0.1) is 6.04 Å². The summed E-state index contributed by atoms with van der Waals surface area (Å²) < 4.78 is 0. The Bertz CT molecular complexity index is 850. The van der Waals surface area contributed by atoms with Gasteiger partial charge in [-0.2, -0.15) is 0 Å². The lowest BCUT2D eigenvalue weighted by Crippen LogP contribution is -2.46. The SMILES string of the molecule is CC[C@H](NC)C(=O)N[C@H](C=CC(=O)N1Cc2ccccc2C1)CCc1ccccc1. The highest BCUT2D eigenvalue weighted by molar-refractivity contribution is 5.88. The van der Waals surface area contributed by atoms with Crippen LogP contribution in [0.25, 0.3) is 0 Å². The number of amides is 2. The van der Waals surface area contributed by atoms with E-state index in [1.54, 1.807) is 13.1 Å². The Kier molecular flexibility index (Phi) is 7.80. The molecule has 0 unspecified atom stereocenters. The molecule has 2 aromatic rings. The van der Waals surface area contributed by atoms with E-state index in [1.165, 1.54) is 16.7 Å². The summed E-state index contributed by atoms with van der Waals surface area (Å²) in [4.78, 5) is 27.1. The molecular weight excluding hydrogens is 374 g/mol. The van der Waals surface area contributed by atoms with Gasteiger partial charge in [-0.1, -0.05) is 67.6 Å². The van der Waals surface area contributed by atoms with Gasteiger partial charge in [0.15, 0.2) is 0 Å². The fraction of sp³-hybridized carbons (Fsp3) is 0.360. The molecule has 1 aliphatic rings. The molecule has 0 aliphatic carbocycles. The van der Waals surface area contributed by atoms with Crippen molar-refractivity contribution in [3.05, 3.63) is 83.4 Å². The number of rotatable bonds is 9. The van der Waals surface area contributed by atoms with Crippen molar-refractivity contribution in [1.29, 1.82) is 0 Å². The maximum Gasteiger partial charge on any atom is 0.246 e. The highest BCUT2D eigenvalue weighted by Crippen LogP contribution is 2.22. The molecule has 0 saturated carbocycles. The molecule has 0 radical (unpaired) electrons. The molecule has 0 fully saturated rings. The molecule has 158 valence electrons. The van der Waals surface area contributed by atoms with Crippen molar-refractivity contribution in [1.82, 2.24) is 15.5 Å². The van der Waals surface area contributed by atoms with Gasteiger partial charge in [0, 0.05) is 25.2 Å². The number of nitrogens with zero attached hydrogens (tertiary/aromatic N) is 1. The van der Waals surface area contributed by atoms with E-state index in [2.05, 4.69) is 34.9 Å². The molecule has 0 aromatic heterocycles. The normalized spacial score (nSPS) is 15.1. The van der Waals surface area contributed by atoms with Crippen molar-refractivity contribution in [3.63, 3.8) is 0 Å². The van der Waals surface area contributed by atoms with Gasteiger partial charge < -0.3 is 15.5 Å². The monoisotopic (exact) mass is 405 g/mol. The number of aryl methyl sites for hydroxylation is 1. The van der Waals surface area contributed by atoms with Crippen LogP contribution < -0.4 is 10.6 Å². The third-order valence-electron chi connectivity index (χ3n) is 5.61. The van der Waals surface area contributed by atoms with E-state index in [0.29, 0.717) is 19.5 Å². The predicted octanol–water partition coefficient (Wildman–Crippen LogP) is 3.20. The molecule has 2 amide bonds. The van der Waals surface area contributed by atoms with Gasteiger partial charge in [-0.25, -0.2) is 0 Å².